The Hall–Kier alpha value is -6.62. The molecular formula is C52H37NO2S. The average molecular weight is 740 g/mol. The Morgan fingerprint density at radius 3 is 1.46 bits per heavy atom. The predicted octanol–water partition coefficient (Wildman–Crippen LogP) is 16.0. The fraction of sp³-hybridized carbons (Fsp3) is 0.0769. The minimum Gasteiger partial charge on any atom is -0.455 e. The maximum Gasteiger partial charge on any atom is 0.143 e. The largest absolute Gasteiger partial charge is 0.455 e. The third-order valence-electron chi connectivity index (χ3n) is 11.2. The Labute approximate surface area is 328 Å². The first-order valence-electron chi connectivity index (χ1n) is 19.2. The van der Waals surface area contributed by atoms with Crippen LogP contribution in [0.5, 0.6) is 0 Å². The van der Waals surface area contributed by atoms with E-state index < -0.39 is 0 Å². The monoisotopic (exact) mass is 739 g/mol. The van der Waals surface area contributed by atoms with Crippen molar-refractivity contribution in [1.29, 1.82) is 0 Å². The van der Waals surface area contributed by atoms with Crippen LogP contribution in [0.2, 0.25) is 0 Å². The van der Waals surface area contributed by atoms with Gasteiger partial charge in [-0.25, -0.2) is 0 Å². The summed E-state index contributed by atoms with van der Waals surface area (Å²) >= 11 is 1.89. The number of hydrogen-bond acceptors (Lipinski definition) is 4. The number of thiophene rings is 1. The van der Waals surface area contributed by atoms with E-state index in [1.54, 1.807) is 0 Å². The molecule has 0 atom stereocenters. The normalized spacial score (nSPS) is 12.2. The number of para-hydroxylation sites is 4. The minimum atomic E-state index is -0.0128. The minimum absolute atomic E-state index is 0.0128. The first-order chi connectivity index (χ1) is 27.4. The van der Waals surface area contributed by atoms with Gasteiger partial charge in [0.25, 0.3) is 0 Å². The highest BCUT2D eigenvalue weighted by molar-refractivity contribution is 7.26. The molecule has 0 spiro atoms. The molecule has 56 heavy (non-hydrogen) atoms. The van der Waals surface area contributed by atoms with Crippen molar-refractivity contribution in [3.63, 3.8) is 0 Å². The molecule has 11 rings (SSSR count). The second-order valence-corrected chi connectivity index (χ2v) is 16.7. The number of anilines is 3. The van der Waals surface area contributed by atoms with Crippen molar-refractivity contribution < 1.29 is 8.83 Å². The Morgan fingerprint density at radius 2 is 0.929 bits per heavy atom. The molecule has 0 aliphatic carbocycles. The van der Waals surface area contributed by atoms with E-state index in [2.05, 4.69) is 171 Å². The molecular weight excluding hydrogens is 703 g/mol. The number of hydrogen-bond donors (Lipinski definition) is 0. The maximum absolute atomic E-state index is 6.45. The quantitative estimate of drug-likeness (QED) is 0.176. The number of benzene rings is 8. The first-order valence-corrected chi connectivity index (χ1v) is 20.0. The molecule has 0 aliphatic heterocycles. The zero-order chi connectivity index (χ0) is 37.5. The van der Waals surface area contributed by atoms with Crippen molar-refractivity contribution in [2.75, 3.05) is 4.90 Å². The van der Waals surface area contributed by atoms with E-state index in [0.29, 0.717) is 0 Å². The van der Waals surface area contributed by atoms with Crippen LogP contribution in [0, 0.1) is 0 Å². The molecule has 3 aromatic heterocycles. The molecule has 0 amide bonds. The second-order valence-electron chi connectivity index (χ2n) is 15.7. The molecule has 3 heterocycles. The molecule has 0 aliphatic rings. The molecule has 4 heteroatoms. The molecule has 0 fully saturated rings. The molecule has 0 saturated heterocycles. The van der Waals surface area contributed by atoms with Crippen molar-refractivity contribution in [2.24, 2.45) is 0 Å². The van der Waals surface area contributed by atoms with Crippen LogP contribution in [0.3, 0.4) is 0 Å². The van der Waals surface area contributed by atoms with Gasteiger partial charge in [-0.15, -0.1) is 11.3 Å². The van der Waals surface area contributed by atoms with Gasteiger partial charge in [0.15, 0.2) is 0 Å². The average Bonchev–Trinajstić information content (AvgIpc) is 3.93. The summed E-state index contributed by atoms with van der Waals surface area (Å²) in [6.45, 7) is 6.94. The zero-order valence-corrected chi connectivity index (χ0v) is 32.2. The van der Waals surface area contributed by atoms with Gasteiger partial charge < -0.3 is 13.7 Å². The van der Waals surface area contributed by atoms with Crippen LogP contribution >= 0.6 is 11.3 Å². The van der Waals surface area contributed by atoms with Crippen molar-refractivity contribution in [3.05, 3.63) is 175 Å². The maximum atomic E-state index is 6.45. The number of fused-ring (bicyclic) bond motifs is 9. The lowest BCUT2D eigenvalue weighted by molar-refractivity contribution is 0.597. The molecule has 3 nitrogen and oxygen atoms in total. The van der Waals surface area contributed by atoms with Gasteiger partial charge in [0.05, 0.1) is 5.69 Å². The fourth-order valence-corrected chi connectivity index (χ4v) is 9.99. The second kappa shape index (κ2) is 12.5. The third-order valence-corrected chi connectivity index (χ3v) is 12.4. The Kier molecular flexibility index (Phi) is 7.29. The molecule has 0 bridgehead atoms. The topological polar surface area (TPSA) is 29.5 Å². The van der Waals surface area contributed by atoms with E-state index in [9.17, 15) is 0 Å². The summed E-state index contributed by atoms with van der Waals surface area (Å²) in [5.74, 6) is 0. The zero-order valence-electron chi connectivity index (χ0n) is 31.3. The highest BCUT2D eigenvalue weighted by atomic mass is 32.1. The summed E-state index contributed by atoms with van der Waals surface area (Å²) in [5, 5.41) is 7.10. The van der Waals surface area contributed by atoms with Crippen LogP contribution in [-0.4, -0.2) is 0 Å². The van der Waals surface area contributed by atoms with Crippen molar-refractivity contribution in [3.8, 4) is 22.3 Å². The van der Waals surface area contributed by atoms with E-state index in [1.165, 1.54) is 25.7 Å². The highest BCUT2D eigenvalue weighted by Crippen LogP contribution is 2.49. The van der Waals surface area contributed by atoms with Gasteiger partial charge in [-0.1, -0.05) is 142 Å². The fourth-order valence-electron chi connectivity index (χ4n) is 8.54. The molecule has 0 N–H and O–H groups in total. The van der Waals surface area contributed by atoms with Crippen LogP contribution in [0.1, 0.15) is 26.3 Å². The third kappa shape index (κ3) is 5.10. The standard InChI is InChI=1S/C52H37NO2S/c1-52(2,3)43-30-31-44(48-42-14-6-9-21-47(42)56-51(43)48)53(34-26-22-32(23-27-34)36-15-10-17-40-38-12-4-7-19-45(38)54-49(36)40)35-28-24-33(25-29-35)37-16-11-18-41-39-13-5-8-20-46(39)55-50(37)41/h4-31H,1-3H3. The summed E-state index contributed by atoms with van der Waals surface area (Å²) in [6.07, 6.45) is 0. The van der Waals surface area contributed by atoms with Crippen LogP contribution in [0.4, 0.5) is 17.1 Å². The van der Waals surface area contributed by atoms with Crippen LogP contribution in [0.15, 0.2) is 179 Å². The predicted molar refractivity (Wildman–Crippen MR) is 238 cm³/mol. The van der Waals surface area contributed by atoms with Crippen molar-refractivity contribution in [1.82, 2.24) is 0 Å². The van der Waals surface area contributed by atoms with Gasteiger partial charge in [-0.3, -0.25) is 0 Å². The van der Waals surface area contributed by atoms with Crippen LogP contribution in [0.25, 0.3) is 86.3 Å². The lowest BCUT2D eigenvalue weighted by atomic mass is 9.85. The van der Waals surface area contributed by atoms with Gasteiger partial charge in [0, 0.05) is 64.2 Å². The lowest BCUT2D eigenvalue weighted by Gasteiger charge is -2.29. The molecule has 0 radical (unpaired) electrons. The van der Waals surface area contributed by atoms with E-state index in [1.807, 2.05) is 35.6 Å². The molecule has 0 unspecified atom stereocenters. The van der Waals surface area contributed by atoms with E-state index in [4.69, 9.17) is 8.83 Å². The van der Waals surface area contributed by atoms with Gasteiger partial charge in [0.1, 0.15) is 22.3 Å². The summed E-state index contributed by atoms with van der Waals surface area (Å²) in [4.78, 5) is 2.42. The van der Waals surface area contributed by atoms with E-state index >= 15 is 0 Å². The van der Waals surface area contributed by atoms with Crippen molar-refractivity contribution >= 4 is 92.4 Å². The van der Waals surface area contributed by atoms with Gasteiger partial charge in [0.2, 0.25) is 0 Å². The molecule has 11 aromatic rings. The van der Waals surface area contributed by atoms with Crippen molar-refractivity contribution in [2.45, 2.75) is 26.2 Å². The van der Waals surface area contributed by atoms with Crippen LogP contribution in [-0.2, 0) is 5.41 Å². The lowest BCUT2D eigenvalue weighted by Crippen LogP contribution is -2.14. The summed E-state index contributed by atoms with van der Waals surface area (Å²) in [5.41, 5.74) is 12.7. The number of nitrogens with zero attached hydrogens (tertiary/aromatic N) is 1. The summed E-state index contributed by atoms with van der Waals surface area (Å²) in [6, 6.07) is 60.8. The first kappa shape index (κ1) is 32.8. The Bertz CT molecular complexity index is 3130. The van der Waals surface area contributed by atoms with E-state index in [-0.39, 0.29) is 5.41 Å². The number of furan rings is 2. The molecule has 8 aromatic carbocycles. The molecule has 0 saturated carbocycles. The Morgan fingerprint density at radius 1 is 0.446 bits per heavy atom. The van der Waals surface area contributed by atoms with E-state index in [0.717, 1.165) is 83.2 Å². The van der Waals surface area contributed by atoms with Gasteiger partial charge >= 0.3 is 0 Å². The summed E-state index contributed by atoms with van der Waals surface area (Å²) in [7, 11) is 0. The SMILES string of the molecule is CC(C)(C)c1ccc(N(c2ccc(-c3cccc4c3oc3ccccc34)cc2)c2ccc(-c3cccc4c3oc3ccccc34)cc2)c2c1sc1ccccc12. The van der Waals surface area contributed by atoms with Gasteiger partial charge in [-0.2, -0.15) is 0 Å². The Balaban J connectivity index is 1.09. The van der Waals surface area contributed by atoms with Gasteiger partial charge in [-0.05, 0) is 70.6 Å². The number of rotatable bonds is 5. The molecule has 268 valence electrons. The van der Waals surface area contributed by atoms with Crippen LogP contribution < -0.4 is 4.90 Å². The smallest absolute Gasteiger partial charge is 0.143 e. The highest BCUT2D eigenvalue weighted by Gasteiger charge is 2.25. The summed E-state index contributed by atoms with van der Waals surface area (Å²) < 4.78 is 15.5.